The van der Waals surface area contributed by atoms with Crippen LogP contribution in [0.2, 0.25) is 0 Å². The van der Waals surface area contributed by atoms with Crippen LogP contribution >= 0.6 is 0 Å². The molecule has 0 unspecified atom stereocenters. The predicted molar refractivity (Wildman–Crippen MR) is 95.6 cm³/mol. The summed E-state index contributed by atoms with van der Waals surface area (Å²) in [5.74, 6) is 0. The number of hydrogen-bond donors (Lipinski definition) is 0. The van der Waals surface area contributed by atoms with Gasteiger partial charge in [-0.05, 0) is 23.3 Å². The molecule has 0 N–H and O–H groups in total. The largest absolute Gasteiger partial charge is 0.244 e. The van der Waals surface area contributed by atoms with E-state index in [0.717, 1.165) is 13.1 Å². The first-order valence-electron chi connectivity index (χ1n) is 7.88. The molecule has 114 valence electrons. The molecule has 23 heavy (non-hydrogen) atoms. The van der Waals surface area contributed by atoms with Crippen molar-refractivity contribution >= 4 is 12.2 Å². The summed E-state index contributed by atoms with van der Waals surface area (Å²) < 4.78 is 4.35. The Morgan fingerprint density at radius 2 is 1.39 bits per heavy atom. The average Bonchev–Trinajstić information content (AvgIpc) is 3.05. The first kappa shape index (κ1) is 15.0. The minimum Gasteiger partial charge on any atom is -0.233 e. The van der Waals surface area contributed by atoms with E-state index >= 15 is 0 Å². The van der Waals surface area contributed by atoms with Gasteiger partial charge in [-0.15, -0.1) is 0 Å². The van der Waals surface area contributed by atoms with Crippen LogP contribution in [0, 0.1) is 0 Å². The Bertz CT molecular complexity index is 702. The van der Waals surface area contributed by atoms with Crippen LogP contribution in [0.25, 0.3) is 12.2 Å². The van der Waals surface area contributed by atoms with Crippen molar-refractivity contribution < 1.29 is 4.57 Å². The van der Waals surface area contributed by atoms with Gasteiger partial charge in [0.2, 0.25) is 6.33 Å². The van der Waals surface area contributed by atoms with Gasteiger partial charge in [0.15, 0.2) is 0 Å². The van der Waals surface area contributed by atoms with Crippen LogP contribution in [0.5, 0.6) is 0 Å². The highest BCUT2D eigenvalue weighted by molar-refractivity contribution is 5.49. The average molecular weight is 301 g/mol. The van der Waals surface area contributed by atoms with E-state index in [4.69, 9.17) is 0 Å². The van der Waals surface area contributed by atoms with Gasteiger partial charge in [-0.3, -0.25) is 0 Å². The number of imidazole rings is 1. The van der Waals surface area contributed by atoms with Crippen molar-refractivity contribution in [3.05, 3.63) is 103 Å². The maximum Gasteiger partial charge on any atom is 0.244 e. The topological polar surface area (TPSA) is 8.81 Å². The van der Waals surface area contributed by atoms with Gasteiger partial charge in [-0.25, -0.2) is 9.13 Å². The fraction of sp³-hybridized carbons (Fsp3) is 0.0952. The molecule has 2 heteroatoms. The van der Waals surface area contributed by atoms with Gasteiger partial charge in [0.25, 0.3) is 0 Å². The van der Waals surface area contributed by atoms with Gasteiger partial charge >= 0.3 is 0 Å². The lowest BCUT2D eigenvalue weighted by Gasteiger charge is -1.92. The molecule has 0 saturated heterocycles. The molecule has 0 bridgehead atoms. The third-order valence-corrected chi connectivity index (χ3v) is 3.60. The van der Waals surface area contributed by atoms with E-state index < -0.39 is 0 Å². The number of nitrogens with zero attached hydrogens (tertiary/aromatic N) is 2. The smallest absolute Gasteiger partial charge is 0.233 e. The van der Waals surface area contributed by atoms with Gasteiger partial charge in [-0.2, -0.15) is 0 Å². The van der Waals surface area contributed by atoms with E-state index in [1.54, 1.807) is 0 Å². The molecular weight excluding hydrogens is 280 g/mol. The molecule has 0 saturated carbocycles. The Morgan fingerprint density at radius 1 is 0.783 bits per heavy atom. The van der Waals surface area contributed by atoms with E-state index in [0.29, 0.717) is 0 Å². The van der Waals surface area contributed by atoms with Crippen molar-refractivity contribution in [3.8, 4) is 0 Å². The second-order valence-electron chi connectivity index (χ2n) is 5.43. The Hall–Kier alpha value is -2.87. The van der Waals surface area contributed by atoms with Gasteiger partial charge in [0.1, 0.15) is 25.5 Å². The lowest BCUT2D eigenvalue weighted by atomic mass is 10.2. The normalized spacial score (nSPS) is 11.5. The molecule has 3 aromatic rings. The third-order valence-electron chi connectivity index (χ3n) is 3.60. The Balaban J connectivity index is 1.52. The maximum atomic E-state index is 2.18. The summed E-state index contributed by atoms with van der Waals surface area (Å²) in [6.07, 6.45) is 15.0. The molecule has 0 fully saturated rings. The molecular formula is C21H21N2+. The molecule has 0 amide bonds. The van der Waals surface area contributed by atoms with Crippen LogP contribution in [0.1, 0.15) is 11.1 Å². The van der Waals surface area contributed by atoms with E-state index in [1.165, 1.54) is 11.1 Å². The Kier molecular flexibility index (Phi) is 5.20. The zero-order valence-electron chi connectivity index (χ0n) is 13.1. The summed E-state index contributed by atoms with van der Waals surface area (Å²) in [6, 6.07) is 20.8. The minimum absolute atomic E-state index is 0.879. The van der Waals surface area contributed by atoms with Gasteiger partial charge < -0.3 is 0 Å². The summed E-state index contributed by atoms with van der Waals surface area (Å²) in [4.78, 5) is 0. The molecule has 1 aromatic heterocycles. The zero-order chi connectivity index (χ0) is 15.7. The molecule has 0 atom stereocenters. The molecule has 0 spiro atoms. The quantitative estimate of drug-likeness (QED) is 0.603. The van der Waals surface area contributed by atoms with Gasteiger partial charge in [0, 0.05) is 0 Å². The van der Waals surface area contributed by atoms with Crippen molar-refractivity contribution in [2.75, 3.05) is 0 Å². The second kappa shape index (κ2) is 7.95. The first-order chi connectivity index (χ1) is 11.4. The fourth-order valence-electron chi connectivity index (χ4n) is 2.40. The van der Waals surface area contributed by atoms with Crippen LogP contribution in [0.4, 0.5) is 0 Å². The fourth-order valence-corrected chi connectivity index (χ4v) is 2.40. The number of aromatic nitrogens is 2. The summed E-state index contributed by atoms with van der Waals surface area (Å²) >= 11 is 0. The highest BCUT2D eigenvalue weighted by Crippen LogP contribution is 2.02. The van der Waals surface area contributed by atoms with Crippen molar-refractivity contribution in [2.45, 2.75) is 13.1 Å². The molecule has 0 aliphatic rings. The predicted octanol–water partition coefficient (Wildman–Crippen LogP) is 4.20. The zero-order valence-corrected chi connectivity index (χ0v) is 13.1. The highest BCUT2D eigenvalue weighted by atomic mass is 15.1. The number of allylic oxidation sites excluding steroid dienone is 2. The molecule has 1 heterocycles. The number of hydrogen-bond acceptors (Lipinski definition) is 0. The molecule has 0 radical (unpaired) electrons. The molecule has 0 aliphatic carbocycles. The van der Waals surface area contributed by atoms with Gasteiger partial charge in [0.05, 0.1) is 0 Å². The SMILES string of the molecule is C(=Cc1ccccc1)Cn1cc[n+](CC=Cc2ccccc2)c1. The lowest BCUT2D eigenvalue weighted by Crippen LogP contribution is -2.29. The molecule has 0 aliphatic heterocycles. The van der Waals surface area contributed by atoms with Crippen LogP contribution in [-0.4, -0.2) is 4.57 Å². The Morgan fingerprint density at radius 3 is 2.04 bits per heavy atom. The number of rotatable bonds is 6. The van der Waals surface area contributed by atoms with E-state index in [-0.39, 0.29) is 0 Å². The number of benzene rings is 2. The van der Waals surface area contributed by atoms with Crippen molar-refractivity contribution in [1.82, 2.24) is 4.57 Å². The van der Waals surface area contributed by atoms with Crippen molar-refractivity contribution in [2.24, 2.45) is 0 Å². The van der Waals surface area contributed by atoms with Crippen molar-refractivity contribution in [1.29, 1.82) is 0 Å². The second-order valence-corrected chi connectivity index (χ2v) is 5.43. The maximum absolute atomic E-state index is 2.18. The molecule has 3 rings (SSSR count). The summed E-state index contributed by atoms with van der Waals surface area (Å²) in [5, 5.41) is 0. The van der Waals surface area contributed by atoms with Crippen LogP contribution < -0.4 is 4.57 Å². The molecule has 2 aromatic carbocycles. The minimum atomic E-state index is 0.879. The van der Waals surface area contributed by atoms with E-state index in [1.807, 2.05) is 12.1 Å². The van der Waals surface area contributed by atoms with Crippen LogP contribution in [0.3, 0.4) is 0 Å². The first-order valence-corrected chi connectivity index (χ1v) is 7.88. The van der Waals surface area contributed by atoms with Crippen molar-refractivity contribution in [3.63, 3.8) is 0 Å². The summed E-state index contributed by atoms with van der Waals surface area (Å²) in [6.45, 7) is 1.76. The third kappa shape index (κ3) is 4.82. The monoisotopic (exact) mass is 301 g/mol. The summed E-state index contributed by atoms with van der Waals surface area (Å²) in [7, 11) is 0. The highest BCUT2D eigenvalue weighted by Gasteiger charge is 1.99. The van der Waals surface area contributed by atoms with E-state index in [9.17, 15) is 0 Å². The van der Waals surface area contributed by atoms with Crippen LogP contribution in [-0.2, 0) is 13.1 Å². The van der Waals surface area contributed by atoms with E-state index in [2.05, 4.69) is 101 Å². The molecule has 2 nitrogen and oxygen atoms in total. The summed E-state index contributed by atoms with van der Waals surface area (Å²) in [5.41, 5.74) is 2.47. The van der Waals surface area contributed by atoms with Crippen LogP contribution in [0.15, 0.2) is 91.5 Å². The lowest BCUT2D eigenvalue weighted by molar-refractivity contribution is -0.686. The Labute approximate surface area is 137 Å². The standard InChI is InChI=1S/C21H21N2/c1-3-9-20(10-4-1)13-7-15-22-17-18-23(19-22)16-8-14-21-11-5-2-6-12-21/h1-14,17-19H,15-16H2/q+1. The van der Waals surface area contributed by atoms with Gasteiger partial charge in [-0.1, -0.05) is 72.8 Å².